The molecule has 4 nitrogen and oxygen atoms in total. The number of carboxylic acids is 1. The van der Waals surface area contributed by atoms with Gasteiger partial charge in [-0.05, 0) is 45.7 Å². The number of carbonyl (C=O) groups excluding carboxylic acids is 1. The summed E-state index contributed by atoms with van der Waals surface area (Å²) in [5.74, 6) is -1.42. The lowest BCUT2D eigenvalue weighted by Gasteiger charge is -2.15. The molecule has 0 radical (unpaired) electrons. The van der Waals surface area contributed by atoms with Gasteiger partial charge in [-0.3, -0.25) is 4.79 Å². The average Bonchev–Trinajstić information content (AvgIpc) is 3.10. The third kappa shape index (κ3) is 3.78. The van der Waals surface area contributed by atoms with Crippen molar-refractivity contribution < 1.29 is 14.7 Å². The van der Waals surface area contributed by atoms with Gasteiger partial charge in [0.1, 0.15) is 6.04 Å². The summed E-state index contributed by atoms with van der Waals surface area (Å²) in [6, 6.07) is 18.2. The Balaban J connectivity index is 1.50. The van der Waals surface area contributed by atoms with Crippen molar-refractivity contribution in [3.05, 3.63) is 87.9 Å². The molecule has 0 saturated heterocycles. The van der Waals surface area contributed by atoms with E-state index in [1.165, 1.54) is 0 Å². The minimum atomic E-state index is -1.05. The van der Waals surface area contributed by atoms with Crippen molar-refractivity contribution in [2.24, 2.45) is 0 Å². The molecular weight excluding hydrogens is 374 g/mol. The first-order chi connectivity index (χ1) is 13.5. The van der Waals surface area contributed by atoms with Gasteiger partial charge < -0.3 is 10.4 Å². The summed E-state index contributed by atoms with van der Waals surface area (Å²) in [5, 5.41) is 15.0. The van der Waals surface area contributed by atoms with Crippen LogP contribution in [0.15, 0.2) is 66.2 Å². The molecule has 0 heterocycles. The maximum atomic E-state index is 12.6. The number of amides is 1. The molecule has 3 aromatic carbocycles. The molecule has 140 valence electrons. The molecular formula is C23H18ClNO3. The minimum absolute atomic E-state index is 0.220. The van der Waals surface area contributed by atoms with E-state index in [1.807, 2.05) is 48.5 Å². The monoisotopic (exact) mass is 391 g/mol. The molecule has 2 N–H and O–H groups in total. The first-order valence-corrected chi connectivity index (χ1v) is 9.38. The standard InChI is InChI=1S/C23H18ClNO3/c24-20-8-7-17-11-19(12-18(17)13-20)22(26)25-21(23(27)28)10-14-5-6-15-3-1-2-4-16(15)9-14/h1-9,12-13,21H,10-11H2,(H,25,26)(H,27,28)/t21-/m0/s1. The Morgan fingerprint density at radius 3 is 2.61 bits per heavy atom. The molecule has 28 heavy (non-hydrogen) atoms. The second-order valence-electron chi connectivity index (χ2n) is 6.94. The molecule has 5 heteroatoms. The summed E-state index contributed by atoms with van der Waals surface area (Å²) in [7, 11) is 0. The van der Waals surface area contributed by atoms with Gasteiger partial charge in [0.2, 0.25) is 5.91 Å². The molecule has 0 fully saturated rings. The van der Waals surface area contributed by atoms with Crippen LogP contribution in [0.2, 0.25) is 5.02 Å². The Bertz CT molecular complexity index is 1120. The summed E-state index contributed by atoms with van der Waals surface area (Å²) in [4.78, 5) is 24.4. The maximum absolute atomic E-state index is 12.6. The van der Waals surface area contributed by atoms with Gasteiger partial charge in [-0.2, -0.15) is 0 Å². The van der Waals surface area contributed by atoms with Crippen LogP contribution >= 0.6 is 11.6 Å². The highest BCUT2D eigenvalue weighted by Crippen LogP contribution is 2.27. The van der Waals surface area contributed by atoms with Crippen LogP contribution in [0.4, 0.5) is 0 Å². The van der Waals surface area contributed by atoms with Crippen molar-refractivity contribution in [2.75, 3.05) is 0 Å². The van der Waals surface area contributed by atoms with E-state index < -0.39 is 12.0 Å². The highest BCUT2D eigenvalue weighted by Gasteiger charge is 2.25. The van der Waals surface area contributed by atoms with E-state index in [-0.39, 0.29) is 12.3 Å². The lowest BCUT2D eigenvalue weighted by atomic mass is 10.0. The van der Waals surface area contributed by atoms with Crippen molar-refractivity contribution in [3.63, 3.8) is 0 Å². The lowest BCUT2D eigenvalue weighted by molar-refractivity contribution is -0.141. The molecule has 4 rings (SSSR count). The van der Waals surface area contributed by atoms with E-state index >= 15 is 0 Å². The van der Waals surface area contributed by atoms with Gasteiger partial charge in [-0.15, -0.1) is 0 Å². The quantitative estimate of drug-likeness (QED) is 0.683. The van der Waals surface area contributed by atoms with Crippen molar-refractivity contribution in [1.29, 1.82) is 0 Å². The summed E-state index contributed by atoms with van der Waals surface area (Å²) in [6.07, 6.45) is 2.46. The van der Waals surface area contributed by atoms with Crippen molar-refractivity contribution in [1.82, 2.24) is 5.32 Å². The Morgan fingerprint density at radius 2 is 1.82 bits per heavy atom. The van der Waals surface area contributed by atoms with Crippen LogP contribution in [-0.4, -0.2) is 23.0 Å². The van der Waals surface area contributed by atoms with Gasteiger partial charge in [-0.25, -0.2) is 4.79 Å². The smallest absolute Gasteiger partial charge is 0.326 e. The third-order valence-electron chi connectivity index (χ3n) is 4.97. The molecule has 3 aromatic rings. The van der Waals surface area contributed by atoms with E-state index in [0.29, 0.717) is 17.0 Å². The fourth-order valence-electron chi connectivity index (χ4n) is 3.50. The Hall–Kier alpha value is -3.11. The van der Waals surface area contributed by atoms with Crippen molar-refractivity contribution in [2.45, 2.75) is 18.9 Å². The maximum Gasteiger partial charge on any atom is 0.326 e. The summed E-state index contributed by atoms with van der Waals surface area (Å²) in [6.45, 7) is 0. The van der Waals surface area contributed by atoms with Crippen LogP contribution in [0.3, 0.4) is 0 Å². The van der Waals surface area contributed by atoms with Gasteiger partial charge in [0, 0.05) is 23.4 Å². The molecule has 0 spiro atoms. The van der Waals surface area contributed by atoms with E-state index in [2.05, 4.69) is 5.32 Å². The van der Waals surface area contributed by atoms with Crippen LogP contribution in [0.25, 0.3) is 16.8 Å². The zero-order valence-corrected chi connectivity index (χ0v) is 15.7. The van der Waals surface area contributed by atoms with Gasteiger partial charge in [0.25, 0.3) is 0 Å². The fraction of sp³-hybridized carbons (Fsp3) is 0.130. The number of hydrogen-bond donors (Lipinski definition) is 2. The first kappa shape index (κ1) is 18.3. The van der Waals surface area contributed by atoms with E-state index in [1.54, 1.807) is 18.2 Å². The van der Waals surface area contributed by atoms with E-state index in [9.17, 15) is 14.7 Å². The Labute approximate surface area is 167 Å². The van der Waals surface area contributed by atoms with E-state index in [4.69, 9.17) is 11.6 Å². The highest BCUT2D eigenvalue weighted by atomic mass is 35.5. The Kier molecular flexibility index (Phi) is 4.88. The molecule has 1 aliphatic carbocycles. The second-order valence-corrected chi connectivity index (χ2v) is 7.38. The average molecular weight is 392 g/mol. The predicted molar refractivity (Wildman–Crippen MR) is 110 cm³/mol. The summed E-state index contributed by atoms with van der Waals surface area (Å²) < 4.78 is 0. The number of rotatable bonds is 5. The predicted octanol–water partition coefficient (Wildman–Crippen LogP) is 4.24. The fourth-order valence-corrected chi connectivity index (χ4v) is 3.68. The molecule has 0 bridgehead atoms. The number of carbonyl (C=O) groups is 2. The van der Waals surface area contributed by atoms with Crippen LogP contribution in [-0.2, 0) is 22.4 Å². The van der Waals surface area contributed by atoms with Crippen LogP contribution < -0.4 is 5.32 Å². The largest absolute Gasteiger partial charge is 0.480 e. The number of hydrogen-bond acceptors (Lipinski definition) is 2. The molecule has 0 saturated carbocycles. The first-order valence-electron chi connectivity index (χ1n) is 9.00. The van der Waals surface area contributed by atoms with Crippen LogP contribution in [0.1, 0.15) is 16.7 Å². The van der Waals surface area contributed by atoms with Gasteiger partial charge in [0.15, 0.2) is 0 Å². The number of nitrogens with one attached hydrogen (secondary N) is 1. The van der Waals surface area contributed by atoms with Gasteiger partial charge in [-0.1, -0.05) is 60.1 Å². The third-order valence-corrected chi connectivity index (χ3v) is 5.20. The molecule has 1 amide bonds. The van der Waals surface area contributed by atoms with Crippen LogP contribution in [0.5, 0.6) is 0 Å². The van der Waals surface area contributed by atoms with Gasteiger partial charge >= 0.3 is 5.97 Å². The number of fused-ring (bicyclic) bond motifs is 2. The molecule has 0 aromatic heterocycles. The van der Waals surface area contributed by atoms with Crippen molar-refractivity contribution in [3.8, 4) is 0 Å². The number of halogens is 1. The van der Waals surface area contributed by atoms with Crippen molar-refractivity contribution >= 4 is 40.3 Å². The molecule has 1 atom stereocenters. The zero-order chi connectivity index (χ0) is 19.7. The molecule has 0 aliphatic heterocycles. The van der Waals surface area contributed by atoms with E-state index in [0.717, 1.165) is 27.5 Å². The summed E-state index contributed by atoms with van der Waals surface area (Å²) in [5.41, 5.74) is 3.32. The zero-order valence-electron chi connectivity index (χ0n) is 15.0. The number of aliphatic carboxylic acids is 1. The molecule has 0 unspecified atom stereocenters. The van der Waals surface area contributed by atoms with Gasteiger partial charge in [0.05, 0.1) is 0 Å². The topological polar surface area (TPSA) is 66.4 Å². The highest BCUT2D eigenvalue weighted by molar-refractivity contribution is 6.30. The molecule has 1 aliphatic rings. The second kappa shape index (κ2) is 7.49. The van der Waals surface area contributed by atoms with Crippen LogP contribution in [0, 0.1) is 0 Å². The Morgan fingerprint density at radius 1 is 1.04 bits per heavy atom. The normalized spacial score (nSPS) is 13.7. The number of benzene rings is 3. The summed E-state index contributed by atoms with van der Waals surface area (Å²) >= 11 is 6.00. The SMILES string of the molecule is O=C(N[C@@H](Cc1ccc2ccccc2c1)C(=O)O)C1=Cc2cc(Cl)ccc2C1. The minimum Gasteiger partial charge on any atom is -0.480 e. The lowest BCUT2D eigenvalue weighted by Crippen LogP contribution is -2.43. The number of carboxylic acid groups (broad SMARTS) is 1.